The molecule has 0 saturated heterocycles. The molecule has 1 heterocycles. The third-order valence-corrected chi connectivity index (χ3v) is 5.99. The first-order valence-corrected chi connectivity index (χ1v) is 8.78. The first-order chi connectivity index (χ1) is 9.08. The van der Waals surface area contributed by atoms with Crippen molar-refractivity contribution < 1.29 is 4.74 Å². The van der Waals surface area contributed by atoms with Crippen LogP contribution >= 0.6 is 54.8 Å². The Balaban J connectivity index is 2.52. The summed E-state index contributed by atoms with van der Waals surface area (Å²) < 4.78 is 6.36. The smallest absolute Gasteiger partial charge is 0.137 e. The molecule has 102 valence electrons. The van der Waals surface area contributed by atoms with Gasteiger partial charge in [0.2, 0.25) is 0 Å². The van der Waals surface area contributed by atoms with E-state index in [1.165, 1.54) is 10.4 Å². The van der Waals surface area contributed by atoms with Crippen LogP contribution in [0.2, 0.25) is 5.02 Å². The van der Waals surface area contributed by atoms with Crippen molar-refractivity contribution in [1.29, 1.82) is 0 Å². The summed E-state index contributed by atoms with van der Waals surface area (Å²) in [6, 6.07) is 5.96. The monoisotopic (exact) mass is 422 g/mol. The molecule has 0 aliphatic rings. The van der Waals surface area contributed by atoms with Crippen molar-refractivity contribution in [3.63, 3.8) is 0 Å². The second-order valence-electron chi connectivity index (χ2n) is 4.04. The lowest BCUT2D eigenvalue weighted by Crippen LogP contribution is -1.98. The molecular weight excluding hydrogens is 411 g/mol. The molecule has 0 aliphatic carbocycles. The van der Waals surface area contributed by atoms with Gasteiger partial charge in [-0.05, 0) is 51.5 Å². The highest BCUT2D eigenvalue weighted by Crippen LogP contribution is 2.44. The van der Waals surface area contributed by atoms with E-state index in [1.54, 1.807) is 18.4 Å². The molecule has 0 bridgehead atoms. The maximum absolute atomic E-state index is 6.16. The Labute approximate surface area is 139 Å². The lowest BCUT2D eigenvalue weighted by Gasteiger charge is -2.16. The molecule has 1 aromatic heterocycles. The molecule has 1 unspecified atom stereocenters. The summed E-state index contributed by atoms with van der Waals surface area (Å²) in [4.78, 5) is 1.39. The fourth-order valence-corrected chi connectivity index (χ4v) is 4.93. The summed E-state index contributed by atoms with van der Waals surface area (Å²) >= 11 is 15.2. The molecule has 2 aromatic rings. The van der Waals surface area contributed by atoms with Gasteiger partial charge in [-0.25, -0.2) is 0 Å². The highest BCUT2D eigenvalue weighted by atomic mass is 79.9. The van der Waals surface area contributed by atoms with Crippen LogP contribution in [0.3, 0.4) is 0 Å². The van der Waals surface area contributed by atoms with E-state index in [0.29, 0.717) is 5.02 Å². The number of aryl methyl sites for hydroxylation is 1. The van der Waals surface area contributed by atoms with Crippen LogP contribution in [-0.4, -0.2) is 7.11 Å². The molecule has 0 radical (unpaired) electrons. The third kappa shape index (κ3) is 3.18. The van der Waals surface area contributed by atoms with Crippen molar-refractivity contribution in [2.75, 3.05) is 7.11 Å². The maximum Gasteiger partial charge on any atom is 0.137 e. The van der Waals surface area contributed by atoms with E-state index in [-0.39, 0.29) is 4.83 Å². The van der Waals surface area contributed by atoms with Crippen molar-refractivity contribution in [2.45, 2.75) is 18.2 Å². The second kappa shape index (κ2) is 6.61. The van der Waals surface area contributed by atoms with Crippen LogP contribution in [0.15, 0.2) is 28.1 Å². The normalized spacial score (nSPS) is 12.5. The van der Waals surface area contributed by atoms with Gasteiger partial charge in [0, 0.05) is 15.5 Å². The Hall–Kier alpha value is -0.0300. The van der Waals surface area contributed by atoms with Gasteiger partial charge in [-0.15, -0.1) is 11.3 Å². The zero-order valence-corrected chi connectivity index (χ0v) is 15.3. The molecule has 0 N–H and O–H groups in total. The second-order valence-corrected chi connectivity index (χ2v) is 7.19. The predicted molar refractivity (Wildman–Crippen MR) is 90.2 cm³/mol. The third-order valence-electron chi connectivity index (χ3n) is 2.91. The van der Waals surface area contributed by atoms with E-state index in [0.717, 1.165) is 22.2 Å². The molecule has 19 heavy (non-hydrogen) atoms. The number of hydrogen-bond acceptors (Lipinski definition) is 2. The molecule has 1 aromatic carbocycles. The molecule has 0 aliphatic heterocycles. The summed E-state index contributed by atoms with van der Waals surface area (Å²) in [6.45, 7) is 2.16. The van der Waals surface area contributed by atoms with Gasteiger partial charge in [0.1, 0.15) is 5.75 Å². The number of alkyl halides is 1. The zero-order valence-electron chi connectivity index (χ0n) is 10.5. The van der Waals surface area contributed by atoms with Crippen molar-refractivity contribution in [3.8, 4) is 5.75 Å². The minimum Gasteiger partial charge on any atom is -0.495 e. The summed E-state index contributed by atoms with van der Waals surface area (Å²) in [5.74, 6) is 0.821. The molecule has 0 spiro atoms. The van der Waals surface area contributed by atoms with Gasteiger partial charge < -0.3 is 4.74 Å². The predicted octanol–water partition coefficient (Wildman–Crippen LogP) is 6.22. The Morgan fingerprint density at radius 1 is 1.42 bits per heavy atom. The van der Waals surface area contributed by atoms with Crippen LogP contribution in [0.4, 0.5) is 0 Å². The van der Waals surface area contributed by atoms with Crippen LogP contribution in [0.5, 0.6) is 5.75 Å². The van der Waals surface area contributed by atoms with Crippen LogP contribution in [0, 0.1) is 0 Å². The van der Waals surface area contributed by atoms with Crippen molar-refractivity contribution in [3.05, 3.63) is 49.1 Å². The van der Waals surface area contributed by atoms with E-state index in [1.807, 2.05) is 12.1 Å². The molecule has 1 atom stereocenters. The average molecular weight is 425 g/mol. The van der Waals surface area contributed by atoms with E-state index < -0.39 is 0 Å². The molecule has 0 amide bonds. The van der Waals surface area contributed by atoms with E-state index >= 15 is 0 Å². The molecule has 2 rings (SSSR count). The van der Waals surface area contributed by atoms with Crippen LogP contribution in [0.25, 0.3) is 0 Å². The highest BCUT2D eigenvalue weighted by Gasteiger charge is 2.21. The largest absolute Gasteiger partial charge is 0.495 e. The van der Waals surface area contributed by atoms with E-state index in [4.69, 9.17) is 16.3 Å². The van der Waals surface area contributed by atoms with Gasteiger partial charge >= 0.3 is 0 Å². The number of halogens is 3. The van der Waals surface area contributed by atoms with Gasteiger partial charge in [-0.1, -0.05) is 34.5 Å². The standard InChI is InChI=1S/C14H13Br2ClOS/c1-3-8-4-5-19-14(8)12(16)10-6-9(17)7-11(15)13(10)18-2/h4-7,12H,3H2,1-2H3. The van der Waals surface area contributed by atoms with Crippen LogP contribution in [-0.2, 0) is 6.42 Å². The lowest BCUT2D eigenvalue weighted by molar-refractivity contribution is 0.408. The van der Waals surface area contributed by atoms with Gasteiger partial charge in [0.05, 0.1) is 16.4 Å². The average Bonchev–Trinajstić information content (AvgIpc) is 2.85. The first-order valence-electron chi connectivity index (χ1n) is 5.81. The van der Waals surface area contributed by atoms with E-state index in [2.05, 4.69) is 50.2 Å². The summed E-state index contributed by atoms with van der Waals surface area (Å²) in [5, 5.41) is 2.82. The highest BCUT2D eigenvalue weighted by molar-refractivity contribution is 9.10. The van der Waals surface area contributed by atoms with Gasteiger partial charge in [-0.3, -0.25) is 0 Å². The Kier molecular flexibility index (Phi) is 5.35. The number of benzene rings is 1. The lowest BCUT2D eigenvalue weighted by atomic mass is 10.1. The van der Waals surface area contributed by atoms with Gasteiger partial charge in [0.15, 0.2) is 0 Å². The Morgan fingerprint density at radius 3 is 2.79 bits per heavy atom. The molecular formula is C14H13Br2ClOS. The van der Waals surface area contributed by atoms with Crippen LogP contribution in [0.1, 0.15) is 27.8 Å². The van der Waals surface area contributed by atoms with Crippen LogP contribution < -0.4 is 4.74 Å². The first kappa shape index (κ1) is 15.4. The quantitative estimate of drug-likeness (QED) is 0.530. The van der Waals surface area contributed by atoms with Crippen molar-refractivity contribution in [1.82, 2.24) is 0 Å². The number of rotatable bonds is 4. The summed E-state index contributed by atoms with van der Waals surface area (Å²) in [7, 11) is 1.67. The molecule has 5 heteroatoms. The number of hydrogen-bond donors (Lipinski definition) is 0. The number of thiophene rings is 1. The Morgan fingerprint density at radius 2 is 2.16 bits per heavy atom. The zero-order chi connectivity index (χ0) is 14.0. The molecule has 1 nitrogen and oxygen atoms in total. The summed E-state index contributed by atoms with van der Waals surface area (Å²) in [6.07, 6.45) is 1.02. The molecule has 0 saturated carbocycles. The topological polar surface area (TPSA) is 9.23 Å². The van der Waals surface area contributed by atoms with Crippen molar-refractivity contribution >= 4 is 54.8 Å². The van der Waals surface area contributed by atoms with Gasteiger partial charge in [0.25, 0.3) is 0 Å². The summed E-state index contributed by atoms with van der Waals surface area (Å²) in [5.41, 5.74) is 2.39. The maximum atomic E-state index is 6.16. The SMILES string of the molecule is CCc1ccsc1C(Br)c1cc(Cl)cc(Br)c1OC. The van der Waals surface area contributed by atoms with E-state index in [9.17, 15) is 0 Å². The fourth-order valence-electron chi connectivity index (χ4n) is 1.99. The van der Waals surface area contributed by atoms with Crippen molar-refractivity contribution in [2.24, 2.45) is 0 Å². The fraction of sp³-hybridized carbons (Fsp3) is 0.286. The molecule has 0 fully saturated rings. The Bertz CT molecular complexity index is 583. The minimum atomic E-state index is 0.0902. The van der Waals surface area contributed by atoms with Gasteiger partial charge in [-0.2, -0.15) is 0 Å². The minimum absolute atomic E-state index is 0.0902. The number of methoxy groups -OCH3 is 1. The number of ether oxygens (including phenoxy) is 1.